The zero-order valence-corrected chi connectivity index (χ0v) is 11.8. The smallest absolute Gasteiger partial charge is 0.0900 e. The molecule has 0 bridgehead atoms. The summed E-state index contributed by atoms with van der Waals surface area (Å²) in [5.74, 6) is 0. The van der Waals surface area contributed by atoms with Gasteiger partial charge in [-0.15, -0.1) is 0 Å². The fraction of sp³-hybridized carbons (Fsp3) is 0.333. The van der Waals surface area contributed by atoms with Gasteiger partial charge in [-0.25, -0.2) is 0 Å². The van der Waals surface area contributed by atoms with Gasteiger partial charge in [0.2, 0.25) is 0 Å². The molecular weight excluding hydrogens is 232 g/mol. The summed E-state index contributed by atoms with van der Waals surface area (Å²) in [4.78, 5) is 0. The number of benzene rings is 2. The molecule has 0 aliphatic carbocycles. The molecule has 0 fully saturated rings. The molecule has 100 valence electrons. The van der Waals surface area contributed by atoms with Gasteiger partial charge in [0.1, 0.15) is 0 Å². The van der Waals surface area contributed by atoms with Gasteiger partial charge in [0.15, 0.2) is 0 Å². The van der Waals surface area contributed by atoms with E-state index in [1.165, 1.54) is 11.1 Å². The Morgan fingerprint density at radius 3 is 2.05 bits per heavy atom. The highest BCUT2D eigenvalue weighted by Gasteiger charge is 2.24. The monoisotopic (exact) mass is 254 g/mol. The molecule has 0 heterocycles. The van der Waals surface area contributed by atoms with Gasteiger partial charge in [-0.05, 0) is 30.9 Å². The molecule has 2 aromatic rings. The first kappa shape index (κ1) is 13.8. The summed E-state index contributed by atoms with van der Waals surface area (Å²) in [7, 11) is 0. The molecule has 0 aliphatic heterocycles. The van der Waals surface area contributed by atoms with Crippen molar-refractivity contribution in [3.8, 4) is 0 Å². The molecule has 19 heavy (non-hydrogen) atoms. The maximum absolute atomic E-state index is 6.17. The Kier molecular flexibility index (Phi) is 4.75. The van der Waals surface area contributed by atoms with Gasteiger partial charge in [0.05, 0.1) is 12.2 Å². The second kappa shape index (κ2) is 6.53. The molecule has 1 atom stereocenters. The van der Waals surface area contributed by atoms with Crippen LogP contribution in [0.1, 0.15) is 31.4 Å². The summed E-state index contributed by atoms with van der Waals surface area (Å²) in [5.41, 5.74) is 2.40. The number of rotatable bonds is 6. The highest BCUT2D eigenvalue weighted by Crippen LogP contribution is 2.28. The predicted octanol–water partition coefficient (Wildman–Crippen LogP) is 4.57. The topological polar surface area (TPSA) is 9.23 Å². The van der Waals surface area contributed by atoms with E-state index in [0.717, 1.165) is 19.4 Å². The van der Waals surface area contributed by atoms with Crippen LogP contribution in [0.25, 0.3) is 0 Å². The van der Waals surface area contributed by atoms with E-state index in [9.17, 15) is 0 Å². The average Bonchev–Trinajstić information content (AvgIpc) is 2.49. The standard InChI is InChI=1S/C18H22O/c1-3-18(2,17-12-8-5-9-13-17)19-15-14-16-10-6-4-7-11-16/h4-13H,3,14-15H2,1-2H3. The Morgan fingerprint density at radius 1 is 0.895 bits per heavy atom. The maximum Gasteiger partial charge on any atom is 0.0900 e. The molecule has 1 nitrogen and oxygen atoms in total. The van der Waals surface area contributed by atoms with Crippen LogP contribution in [0.2, 0.25) is 0 Å². The van der Waals surface area contributed by atoms with Gasteiger partial charge >= 0.3 is 0 Å². The van der Waals surface area contributed by atoms with Gasteiger partial charge in [0.25, 0.3) is 0 Å². The van der Waals surface area contributed by atoms with Gasteiger partial charge in [0, 0.05) is 0 Å². The second-order valence-electron chi connectivity index (χ2n) is 5.03. The largest absolute Gasteiger partial charge is 0.370 e. The van der Waals surface area contributed by atoms with Crippen LogP contribution in [-0.4, -0.2) is 6.61 Å². The summed E-state index contributed by atoms with van der Waals surface area (Å²) in [6.07, 6.45) is 1.94. The van der Waals surface area contributed by atoms with Crippen LogP contribution in [0.3, 0.4) is 0 Å². The van der Waals surface area contributed by atoms with Crippen molar-refractivity contribution in [1.29, 1.82) is 0 Å². The molecule has 1 heteroatoms. The van der Waals surface area contributed by atoms with Crippen LogP contribution in [0.5, 0.6) is 0 Å². The van der Waals surface area contributed by atoms with E-state index in [-0.39, 0.29) is 5.60 Å². The molecule has 0 saturated carbocycles. The van der Waals surface area contributed by atoms with Crippen LogP contribution >= 0.6 is 0 Å². The molecule has 0 radical (unpaired) electrons. The van der Waals surface area contributed by atoms with Crippen molar-refractivity contribution in [3.63, 3.8) is 0 Å². The Bertz CT molecular complexity index is 478. The molecule has 0 spiro atoms. The third-order valence-corrected chi connectivity index (χ3v) is 3.71. The van der Waals surface area contributed by atoms with Crippen molar-refractivity contribution < 1.29 is 4.74 Å². The third kappa shape index (κ3) is 3.68. The van der Waals surface area contributed by atoms with Crippen molar-refractivity contribution in [3.05, 3.63) is 71.8 Å². The zero-order chi connectivity index (χ0) is 13.6. The molecule has 2 rings (SSSR count). The van der Waals surface area contributed by atoms with E-state index < -0.39 is 0 Å². The lowest BCUT2D eigenvalue weighted by molar-refractivity contribution is -0.0378. The van der Waals surface area contributed by atoms with E-state index in [0.29, 0.717) is 0 Å². The SMILES string of the molecule is CCC(C)(OCCc1ccccc1)c1ccccc1. The van der Waals surface area contributed by atoms with Gasteiger partial charge in [-0.3, -0.25) is 0 Å². The van der Waals surface area contributed by atoms with Gasteiger partial charge in [-0.2, -0.15) is 0 Å². The summed E-state index contributed by atoms with van der Waals surface area (Å²) < 4.78 is 6.17. The maximum atomic E-state index is 6.17. The highest BCUT2D eigenvalue weighted by molar-refractivity contribution is 5.21. The Morgan fingerprint density at radius 2 is 1.47 bits per heavy atom. The van der Waals surface area contributed by atoms with E-state index >= 15 is 0 Å². The normalized spacial score (nSPS) is 14.0. The lowest BCUT2D eigenvalue weighted by atomic mass is 9.93. The first-order valence-corrected chi connectivity index (χ1v) is 6.98. The van der Waals surface area contributed by atoms with Crippen molar-refractivity contribution in [2.24, 2.45) is 0 Å². The van der Waals surface area contributed by atoms with Crippen LogP contribution < -0.4 is 0 Å². The van der Waals surface area contributed by atoms with Crippen molar-refractivity contribution >= 4 is 0 Å². The van der Waals surface area contributed by atoms with E-state index in [1.807, 2.05) is 12.1 Å². The molecular formula is C18H22O. The summed E-state index contributed by atoms with van der Waals surface area (Å²) >= 11 is 0. The Balaban J connectivity index is 1.96. The average molecular weight is 254 g/mol. The van der Waals surface area contributed by atoms with Crippen LogP contribution in [0, 0.1) is 0 Å². The number of hydrogen-bond acceptors (Lipinski definition) is 1. The second-order valence-corrected chi connectivity index (χ2v) is 5.03. The van der Waals surface area contributed by atoms with Crippen LogP contribution in [0.4, 0.5) is 0 Å². The molecule has 0 saturated heterocycles. The number of ether oxygens (including phenoxy) is 1. The first-order valence-electron chi connectivity index (χ1n) is 6.98. The lowest BCUT2D eigenvalue weighted by Crippen LogP contribution is -2.26. The fourth-order valence-electron chi connectivity index (χ4n) is 2.22. The molecule has 2 aromatic carbocycles. The minimum absolute atomic E-state index is 0.184. The third-order valence-electron chi connectivity index (χ3n) is 3.71. The number of hydrogen-bond donors (Lipinski definition) is 0. The van der Waals surface area contributed by atoms with Crippen molar-refractivity contribution in [1.82, 2.24) is 0 Å². The van der Waals surface area contributed by atoms with E-state index in [4.69, 9.17) is 4.74 Å². The summed E-state index contributed by atoms with van der Waals surface area (Å²) in [6, 6.07) is 21.0. The highest BCUT2D eigenvalue weighted by atomic mass is 16.5. The quantitative estimate of drug-likeness (QED) is 0.733. The molecule has 1 unspecified atom stereocenters. The predicted molar refractivity (Wildman–Crippen MR) is 80.2 cm³/mol. The van der Waals surface area contributed by atoms with Crippen LogP contribution in [-0.2, 0) is 16.8 Å². The van der Waals surface area contributed by atoms with Gasteiger partial charge in [-0.1, -0.05) is 67.6 Å². The summed E-state index contributed by atoms with van der Waals surface area (Å²) in [5, 5.41) is 0. The lowest BCUT2D eigenvalue weighted by Gasteiger charge is -2.29. The minimum Gasteiger partial charge on any atom is -0.370 e. The zero-order valence-electron chi connectivity index (χ0n) is 11.8. The molecule has 0 aliphatic rings. The van der Waals surface area contributed by atoms with Gasteiger partial charge < -0.3 is 4.74 Å². The molecule has 0 aromatic heterocycles. The van der Waals surface area contributed by atoms with E-state index in [1.54, 1.807) is 0 Å². The Hall–Kier alpha value is -1.60. The molecule has 0 amide bonds. The fourth-order valence-corrected chi connectivity index (χ4v) is 2.22. The Labute approximate surface area is 116 Å². The van der Waals surface area contributed by atoms with Crippen molar-refractivity contribution in [2.75, 3.05) is 6.61 Å². The van der Waals surface area contributed by atoms with E-state index in [2.05, 4.69) is 62.4 Å². The van der Waals surface area contributed by atoms with Crippen LogP contribution in [0.15, 0.2) is 60.7 Å². The first-order chi connectivity index (χ1) is 9.24. The van der Waals surface area contributed by atoms with Crippen molar-refractivity contribution in [2.45, 2.75) is 32.3 Å². The molecule has 0 N–H and O–H groups in total. The summed E-state index contributed by atoms with van der Waals surface area (Å²) in [6.45, 7) is 5.10. The minimum atomic E-state index is -0.184.